The SMILES string of the molecule is CCOC(=O)c1ccc(NC(=O)COc2ccc(S(=O)(=O)N(CC)CC)cc2Cl)cc1. The molecule has 1 N–H and O–H groups in total. The molecule has 2 aromatic carbocycles. The predicted octanol–water partition coefficient (Wildman–Crippen LogP) is 3.56. The summed E-state index contributed by atoms with van der Waals surface area (Å²) in [6.45, 7) is 5.86. The molecule has 0 fully saturated rings. The van der Waals surface area contributed by atoms with Gasteiger partial charge in [-0.2, -0.15) is 4.31 Å². The minimum atomic E-state index is -3.64. The Hall–Kier alpha value is -2.62. The highest BCUT2D eigenvalue weighted by Gasteiger charge is 2.22. The Balaban J connectivity index is 1.98. The molecule has 0 aliphatic rings. The maximum Gasteiger partial charge on any atom is 0.338 e. The van der Waals surface area contributed by atoms with Crippen molar-refractivity contribution in [2.24, 2.45) is 0 Å². The van der Waals surface area contributed by atoms with Crippen LogP contribution in [0.15, 0.2) is 47.4 Å². The second-order valence-electron chi connectivity index (χ2n) is 6.32. The van der Waals surface area contributed by atoms with Gasteiger partial charge in [-0.15, -0.1) is 0 Å². The lowest BCUT2D eigenvalue weighted by Crippen LogP contribution is -2.30. The van der Waals surface area contributed by atoms with Crippen molar-refractivity contribution >= 4 is 39.2 Å². The van der Waals surface area contributed by atoms with Gasteiger partial charge in [-0.25, -0.2) is 13.2 Å². The summed E-state index contributed by atoms with van der Waals surface area (Å²) in [5, 5.41) is 2.72. The largest absolute Gasteiger partial charge is 0.482 e. The summed E-state index contributed by atoms with van der Waals surface area (Å²) in [5.41, 5.74) is 0.857. The smallest absolute Gasteiger partial charge is 0.338 e. The first-order chi connectivity index (χ1) is 14.7. The average Bonchev–Trinajstić information content (AvgIpc) is 2.74. The first-order valence-electron chi connectivity index (χ1n) is 9.72. The Morgan fingerprint density at radius 3 is 2.23 bits per heavy atom. The number of amides is 1. The zero-order valence-electron chi connectivity index (χ0n) is 17.6. The molecule has 0 spiro atoms. The van der Waals surface area contributed by atoms with E-state index in [9.17, 15) is 18.0 Å². The summed E-state index contributed by atoms with van der Waals surface area (Å²) < 4.78 is 36.8. The first-order valence-corrected chi connectivity index (χ1v) is 11.5. The van der Waals surface area contributed by atoms with Gasteiger partial charge in [0.05, 0.1) is 22.1 Å². The molecule has 0 atom stereocenters. The third-order valence-corrected chi connectivity index (χ3v) is 6.63. The molecule has 0 radical (unpaired) electrons. The van der Waals surface area contributed by atoms with E-state index in [2.05, 4.69) is 5.32 Å². The zero-order valence-corrected chi connectivity index (χ0v) is 19.1. The fraction of sp³-hybridized carbons (Fsp3) is 0.333. The molecule has 2 aromatic rings. The Kier molecular flexibility index (Phi) is 8.85. The van der Waals surface area contributed by atoms with Gasteiger partial charge in [-0.3, -0.25) is 4.79 Å². The van der Waals surface area contributed by atoms with Gasteiger partial charge in [0.15, 0.2) is 6.61 Å². The van der Waals surface area contributed by atoms with Crippen LogP contribution in [0.5, 0.6) is 5.75 Å². The van der Waals surface area contributed by atoms with Crippen LogP contribution in [-0.4, -0.2) is 50.9 Å². The number of hydrogen-bond donors (Lipinski definition) is 1. The Bertz CT molecular complexity index is 1020. The average molecular weight is 469 g/mol. The van der Waals surface area contributed by atoms with E-state index in [4.69, 9.17) is 21.1 Å². The van der Waals surface area contributed by atoms with Crippen molar-refractivity contribution in [3.05, 3.63) is 53.1 Å². The van der Waals surface area contributed by atoms with Gasteiger partial charge in [0, 0.05) is 18.8 Å². The number of carbonyl (C=O) groups excluding carboxylic acids is 2. The summed E-state index contributed by atoms with van der Waals surface area (Å²) in [4.78, 5) is 23.8. The topological polar surface area (TPSA) is 102 Å². The number of nitrogens with one attached hydrogen (secondary N) is 1. The van der Waals surface area contributed by atoms with E-state index in [0.717, 1.165) is 0 Å². The van der Waals surface area contributed by atoms with Crippen molar-refractivity contribution in [3.63, 3.8) is 0 Å². The van der Waals surface area contributed by atoms with Crippen LogP contribution in [0.1, 0.15) is 31.1 Å². The number of hydrogen-bond acceptors (Lipinski definition) is 6. The molecule has 0 unspecified atom stereocenters. The number of rotatable bonds is 10. The van der Waals surface area contributed by atoms with E-state index in [1.165, 1.54) is 22.5 Å². The number of halogens is 1. The molecule has 0 heterocycles. The van der Waals surface area contributed by atoms with Crippen molar-refractivity contribution in [1.29, 1.82) is 0 Å². The number of sulfonamides is 1. The molecule has 0 aromatic heterocycles. The van der Waals surface area contributed by atoms with Gasteiger partial charge in [-0.05, 0) is 49.4 Å². The van der Waals surface area contributed by atoms with Crippen molar-refractivity contribution in [1.82, 2.24) is 4.31 Å². The van der Waals surface area contributed by atoms with Crippen LogP contribution < -0.4 is 10.1 Å². The molecule has 10 heteroatoms. The maximum absolute atomic E-state index is 12.6. The van der Waals surface area contributed by atoms with Crippen molar-refractivity contribution in [2.45, 2.75) is 25.7 Å². The fourth-order valence-electron chi connectivity index (χ4n) is 2.72. The van der Waals surface area contributed by atoms with Crippen LogP contribution in [0.3, 0.4) is 0 Å². The highest BCUT2D eigenvalue weighted by Crippen LogP contribution is 2.28. The standard InChI is InChI=1S/C21H25ClN2O6S/c1-4-24(5-2)31(27,28)17-11-12-19(18(22)13-17)30-14-20(25)23-16-9-7-15(8-10-16)21(26)29-6-3/h7-13H,4-6,14H2,1-3H3,(H,23,25). The molecule has 0 saturated carbocycles. The Morgan fingerprint density at radius 2 is 1.68 bits per heavy atom. The molecule has 0 bridgehead atoms. The van der Waals surface area contributed by atoms with Gasteiger partial charge in [0.2, 0.25) is 10.0 Å². The second kappa shape index (κ2) is 11.1. The number of esters is 1. The molecule has 8 nitrogen and oxygen atoms in total. The van der Waals surface area contributed by atoms with E-state index in [0.29, 0.717) is 24.3 Å². The van der Waals surface area contributed by atoms with Crippen LogP contribution in [0.2, 0.25) is 5.02 Å². The second-order valence-corrected chi connectivity index (χ2v) is 8.66. The lowest BCUT2D eigenvalue weighted by Gasteiger charge is -2.19. The van der Waals surface area contributed by atoms with Crippen LogP contribution in [0.4, 0.5) is 5.69 Å². The number of anilines is 1. The van der Waals surface area contributed by atoms with E-state index in [-0.39, 0.29) is 28.9 Å². The quantitative estimate of drug-likeness (QED) is 0.535. The fourth-order valence-corrected chi connectivity index (χ4v) is 4.50. The highest BCUT2D eigenvalue weighted by molar-refractivity contribution is 7.89. The Morgan fingerprint density at radius 1 is 1.03 bits per heavy atom. The third-order valence-electron chi connectivity index (χ3n) is 4.29. The number of nitrogens with zero attached hydrogens (tertiary/aromatic N) is 1. The third kappa shape index (κ3) is 6.43. The minimum Gasteiger partial charge on any atom is -0.482 e. The van der Waals surface area contributed by atoms with E-state index in [1.54, 1.807) is 45.0 Å². The number of ether oxygens (including phenoxy) is 2. The molecule has 1 amide bonds. The summed E-state index contributed by atoms with van der Waals surface area (Å²) in [5.74, 6) is -0.697. The van der Waals surface area contributed by atoms with Crippen molar-refractivity contribution < 1.29 is 27.5 Å². The minimum absolute atomic E-state index is 0.0553. The van der Waals surface area contributed by atoms with Gasteiger partial charge < -0.3 is 14.8 Å². The predicted molar refractivity (Wildman–Crippen MR) is 118 cm³/mol. The van der Waals surface area contributed by atoms with E-state index in [1.807, 2.05) is 0 Å². The highest BCUT2D eigenvalue weighted by atomic mass is 35.5. The maximum atomic E-state index is 12.6. The molecule has 0 aliphatic carbocycles. The Labute approximate surface area is 187 Å². The molecule has 0 aliphatic heterocycles. The van der Waals surface area contributed by atoms with Gasteiger partial charge in [-0.1, -0.05) is 25.4 Å². The first kappa shape index (κ1) is 24.6. The monoisotopic (exact) mass is 468 g/mol. The molecular weight excluding hydrogens is 444 g/mol. The molecule has 31 heavy (non-hydrogen) atoms. The number of carbonyl (C=O) groups is 2. The molecule has 168 valence electrons. The van der Waals surface area contributed by atoms with Gasteiger partial charge in [0.25, 0.3) is 5.91 Å². The number of benzene rings is 2. The summed E-state index contributed by atoms with van der Waals surface area (Å²) >= 11 is 6.16. The molecule has 0 saturated heterocycles. The summed E-state index contributed by atoms with van der Waals surface area (Å²) in [6.07, 6.45) is 0. The van der Waals surface area contributed by atoms with E-state index < -0.39 is 21.9 Å². The van der Waals surface area contributed by atoms with Crippen LogP contribution >= 0.6 is 11.6 Å². The van der Waals surface area contributed by atoms with E-state index >= 15 is 0 Å². The van der Waals surface area contributed by atoms with Crippen molar-refractivity contribution in [3.8, 4) is 5.75 Å². The van der Waals surface area contributed by atoms with Crippen LogP contribution in [0, 0.1) is 0 Å². The van der Waals surface area contributed by atoms with Gasteiger partial charge >= 0.3 is 5.97 Å². The normalized spacial score (nSPS) is 11.3. The lowest BCUT2D eigenvalue weighted by atomic mass is 10.2. The van der Waals surface area contributed by atoms with Crippen LogP contribution in [0.25, 0.3) is 0 Å². The van der Waals surface area contributed by atoms with Crippen LogP contribution in [-0.2, 0) is 19.6 Å². The summed E-state index contributed by atoms with van der Waals surface area (Å²) in [7, 11) is -3.64. The molecular formula is C21H25ClN2O6S. The summed E-state index contributed by atoms with van der Waals surface area (Å²) in [6, 6.07) is 10.3. The van der Waals surface area contributed by atoms with Gasteiger partial charge in [0.1, 0.15) is 5.75 Å². The molecule has 2 rings (SSSR count). The van der Waals surface area contributed by atoms with Crippen molar-refractivity contribution in [2.75, 3.05) is 31.6 Å². The zero-order chi connectivity index (χ0) is 23.0. The lowest BCUT2D eigenvalue weighted by molar-refractivity contribution is -0.118.